The number of rotatable bonds is 6. The van der Waals surface area contributed by atoms with Gasteiger partial charge in [0, 0.05) is 19.4 Å². The minimum atomic E-state index is -3.79. The van der Waals surface area contributed by atoms with Crippen molar-refractivity contribution in [3.05, 3.63) is 18.5 Å². The second-order valence-electron chi connectivity index (χ2n) is 4.34. The quantitative estimate of drug-likeness (QED) is 0.803. The molecule has 1 aromatic heterocycles. The Hall–Kier alpha value is -1.34. The van der Waals surface area contributed by atoms with Gasteiger partial charge in [-0.25, -0.2) is 8.42 Å². The molecule has 0 bridgehead atoms. The fourth-order valence-electron chi connectivity index (χ4n) is 1.52. The normalized spacial score (nSPS) is 15.3. The number of sulfonamides is 1. The molecule has 0 aliphatic heterocycles. The van der Waals surface area contributed by atoms with E-state index in [1.165, 1.54) is 12.3 Å². The Morgan fingerprint density at radius 1 is 1.56 bits per heavy atom. The Kier molecular flexibility index (Phi) is 4.53. The predicted molar refractivity (Wildman–Crippen MR) is 66.6 cm³/mol. The van der Waals surface area contributed by atoms with Crippen LogP contribution in [-0.2, 0) is 21.9 Å². The molecule has 2 atom stereocenters. The van der Waals surface area contributed by atoms with E-state index in [1.54, 1.807) is 24.7 Å². The summed E-state index contributed by atoms with van der Waals surface area (Å²) in [6.07, 6.45) is 3.60. The number of carboxylic acid groups (broad SMARTS) is 1. The molecule has 0 unspecified atom stereocenters. The molecule has 7 heteroatoms. The molecule has 0 aliphatic rings. The molecule has 6 nitrogen and oxygen atoms in total. The molecular weight excluding hydrogens is 256 g/mol. The molecule has 2 N–H and O–H groups in total. The minimum Gasteiger partial charge on any atom is -0.480 e. The summed E-state index contributed by atoms with van der Waals surface area (Å²) < 4.78 is 27.8. The van der Waals surface area contributed by atoms with Crippen molar-refractivity contribution in [3.63, 3.8) is 0 Å². The van der Waals surface area contributed by atoms with Crippen LogP contribution in [0.2, 0.25) is 0 Å². The van der Waals surface area contributed by atoms with E-state index in [-0.39, 0.29) is 10.8 Å². The van der Waals surface area contributed by atoms with Gasteiger partial charge in [-0.1, -0.05) is 20.3 Å². The lowest BCUT2D eigenvalue weighted by Crippen LogP contribution is -2.44. The lowest BCUT2D eigenvalue weighted by atomic mass is 10.0. The van der Waals surface area contributed by atoms with Crippen LogP contribution in [0.15, 0.2) is 23.4 Å². The number of hydrogen-bond acceptors (Lipinski definition) is 3. The van der Waals surface area contributed by atoms with E-state index in [9.17, 15) is 13.2 Å². The fraction of sp³-hybridized carbons (Fsp3) is 0.545. The van der Waals surface area contributed by atoms with Crippen LogP contribution < -0.4 is 4.72 Å². The highest BCUT2D eigenvalue weighted by Gasteiger charge is 2.29. The number of aliphatic carboxylic acids is 1. The van der Waals surface area contributed by atoms with Crippen LogP contribution in [0.25, 0.3) is 0 Å². The van der Waals surface area contributed by atoms with Gasteiger partial charge in [-0.3, -0.25) is 4.79 Å². The summed E-state index contributed by atoms with van der Waals surface area (Å²) in [6.45, 7) is 3.52. The first-order chi connectivity index (χ1) is 8.27. The monoisotopic (exact) mass is 274 g/mol. The molecule has 1 rings (SSSR count). The molecular formula is C11H18N2O4S. The molecule has 0 amide bonds. The van der Waals surface area contributed by atoms with Crippen LogP contribution in [0.5, 0.6) is 0 Å². The van der Waals surface area contributed by atoms with Crippen molar-refractivity contribution in [2.24, 2.45) is 13.0 Å². The van der Waals surface area contributed by atoms with Crippen LogP contribution in [-0.4, -0.2) is 30.1 Å². The van der Waals surface area contributed by atoms with E-state index in [1.807, 2.05) is 6.92 Å². The van der Waals surface area contributed by atoms with Crippen molar-refractivity contribution < 1.29 is 18.3 Å². The van der Waals surface area contributed by atoms with Gasteiger partial charge in [0.05, 0.1) is 4.90 Å². The zero-order valence-electron chi connectivity index (χ0n) is 10.6. The third-order valence-electron chi connectivity index (χ3n) is 2.88. The van der Waals surface area contributed by atoms with E-state index < -0.39 is 22.0 Å². The van der Waals surface area contributed by atoms with Gasteiger partial charge in [-0.05, 0) is 12.0 Å². The second-order valence-corrected chi connectivity index (χ2v) is 6.05. The van der Waals surface area contributed by atoms with Crippen LogP contribution in [0, 0.1) is 5.92 Å². The van der Waals surface area contributed by atoms with Crippen LogP contribution in [0.3, 0.4) is 0 Å². The average molecular weight is 274 g/mol. The number of hydrogen-bond donors (Lipinski definition) is 2. The van der Waals surface area contributed by atoms with Gasteiger partial charge in [0.2, 0.25) is 10.0 Å². The molecule has 0 saturated carbocycles. The van der Waals surface area contributed by atoms with Gasteiger partial charge >= 0.3 is 5.97 Å². The number of nitrogens with zero attached hydrogens (tertiary/aromatic N) is 1. The van der Waals surface area contributed by atoms with Gasteiger partial charge in [0.25, 0.3) is 0 Å². The Balaban J connectivity index is 2.96. The van der Waals surface area contributed by atoms with Gasteiger partial charge in [0.15, 0.2) is 0 Å². The number of aryl methyl sites for hydroxylation is 1. The minimum absolute atomic E-state index is 0.0690. The third-order valence-corrected chi connectivity index (χ3v) is 4.30. The van der Waals surface area contributed by atoms with Crippen molar-refractivity contribution in [2.45, 2.75) is 31.2 Å². The van der Waals surface area contributed by atoms with Crippen LogP contribution >= 0.6 is 0 Å². The summed E-state index contributed by atoms with van der Waals surface area (Å²) in [5.41, 5.74) is 0. The number of nitrogens with one attached hydrogen (secondary N) is 1. The van der Waals surface area contributed by atoms with E-state index in [2.05, 4.69) is 4.72 Å². The van der Waals surface area contributed by atoms with E-state index >= 15 is 0 Å². The standard InChI is InChI=1S/C11H18N2O4S/c1-4-8(2)10(11(14)15)12-18(16,17)9-5-6-13(3)7-9/h5-8,10,12H,4H2,1-3H3,(H,14,15)/t8-,10-/m0/s1. The maximum atomic E-state index is 12.0. The Morgan fingerprint density at radius 3 is 2.56 bits per heavy atom. The molecule has 0 fully saturated rings. The van der Waals surface area contributed by atoms with Crippen LogP contribution in [0.4, 0.5) is 0 Å². The SMILES string of the molecule is CC[C@H](C)[C@H](NS(=O)(=O)c1ccn(C)c1)C(=O)O. The molecule has 18 heavy (non-hydrogen) atoms. The third kappa shape index (κ3) is 3.33. The van der Waals surface area contributed by atoms with Gasteiger partial charge in [0.1, 0.15) is 6.04 Å². The molecule has 102 valence electrons. The predicted octanol–water partition coefficient (Wildman–Crippen LogP) is 0.803. The summed E-state index contributed by atoms with van der Waals surface area (Å²) in [7, 11) is -2.09. The zero-order valence-corrected chi connectivity index (χ0v) is 11.4. The molecule has 0 saturated heterocycles. The van der Waals surface area contributed by atoms with E-state index in [0.717, 1.165) is 0 Å². The summed E-state index contributed by atoms with van der Waals surface area (Å²) >= 11 is 0. The number of carbonyl (C=O) groups is 1. The van der Waals surface area contributed by atoms with Gasteiger partial charge < -0.3 is 9.67 Å². The first kappa shape index (κ1) is 14.7. The summed E-state index contributed by atoms with van der Waals surface area (Å²) in [6, 6.07) is 0.318. The molecule has 0 radical (unpaired) electrons. The molecule has 1 aromatic rings. The topological polar surface area (TPSA) is 88.4 Å². The number of aromatic nitrogens is 1. The van der Waals surface area contributed by atoms with Crippen molar-refractivity contribution >= 4 is 16.0 Å². The lowest BCUT2D eigenvalue weighted by Gasteiger charge is -2.19. The Morgan fingerprint density at radius 2 is 2.17 bits per heavy atom. The van der Waals surface area contributed by atoms with Crippen LogP contribution in [0.1, 0.15) is 20.3 Å². The van der Waals surface area contributed by atoms with Gasteiger partial charge in [-0.2, -0.15) is 4.72 Å². The van der Waals surface area contributed by atoms with E-state index in [0.29, 0.717) is 6.42 Å². The lowest BCUT2D eigenvalue weighted by molar-refractivity contribution is -0.140. The maximum absolute atomic E-state index is 12.0. The first-order valence-corrected chi connectivity index (χ1v) is 7.13. The Bertz CT molecular complexity index is 521. The summed E-state index contributed by atoms with van der Waals surface area (Å²) in [5.74, 6) is -1.44. The first-order valence-electron chi connectivity index (χ1n) is 5.65. The fourth-order valence-corrected chi connectivity index (χ4v) is 2.87. The van der Waals surface area contributed by atoms with Crippen molar-refractivity contribution in [2.75, 3.05) is 0 Å². The molecule has 1 heterocycles. The smallest absolute Gasteiger partial charge is 0.322 e. The number of carboxylic acids is 1. The van der Waals surface area contributed by atoms with Gasteiger partial charge in [-0.15, -0.1) is 0 Å². The summed E-state index contributed by atoms with van der Waals surface area (Å²) in [4.78, 5) is 11.2. The highest BCUT2D eigenvalue weighted by molar-refractivity contribution is 7.89. The Labute approximate surface area is 107 Å². The molecule has 0 spiro atoms. The maximum Gasteiger partial charge on any atom is 0.322 e. The highest BCUT2D eigenvalue weighted by atomic mass is 32.2. The average Bonchev–Trinajstić information content (AvgIpc) is 2.72. The second kappa shape index (κ2) is 5.53. The van der Waals surface area contributed by atoms with E-state index in [4.69, 9.17) is 5.11 Å². The molecule has 0 aliphatic carbocycles. The summed E-state index contributed by atoms with van der Waals surface area (Å²) in [5, 5.41) is 9.06. The van der Waals surface area contributed by atoms with Crippen molar-refractivity contribution in [1.29, 1.82) is 0 Å². The highest BCUT2D eigenvalue weighted by Crippen LogP contribution is 2.14. The largest absolute Gasteiger partial charge is 0.480 e. The van der Waals surface area contributed by atoms with Crippen molar-refractivity contribution in [3.8, 4) is 0 Å². The molecule has 0 aromatic carbocycles. The zero-order chi connectivity index (χ0) is 13.9. The van der Waals surface area contributed by atoms with Crippen molar-refractivity contribution in [1.82, 2.24) is 9.29 Å².